The van der Waals surface area contributed by atoms with Gasteiger partial charge in [0.2, 0.25) is 0 Å². The number of ketones is 1. The molecule has 7 nitrogen and oxygen atoms in total. The zero-order valence-electron chi connectivity index (χ0n) is 18.4. The molecule has 4 rings (SSSR count). The fraction of sp³-hybridized carbons (Fsp3) is 0.522. The Morgan fingerprint density at radius 2 is 2.03 bits per heavy atom. The molecule has 1 fully saturated rings. The SMILES string of the molecule is Cc1ccc(OCC(=O)Nc2nc(CN3C[C@H](C)O[C@@H](C)C3)cs2)c2c1[C@@H](C)CC2=O. The summed E-state index contributed by atoms with van der Waals surface area (Å²) in [6.45, 7) is 10.5. The lowest BCUT2D eigenvalue weighted by molar-refractivity contribution is -0.118. The van der Waals surface area contributed by atoms with Crippen LogP contribution in [-0.4, -0.2) is 53.5 Å². The van der Waals surface area contributed by atoms with Crippen LogP contribution in [0.5, 0.6) is 5.75 Å². The van der Waals surface area contributed by atoms with Gasteiger partial charge in [-0.2, -0.15) is 0 Å². The zero-order chi connectivity index (χ0) is 22.1. The first-order valence-electron chi connectivity index (χ1n) is 10.7. The number of nitrogens with one attached hydrogen (secondary N) is 1. The molecule has 31 heavy (non-hydrogen) atoms. The number of anilines is 1. The Kier molecular flexibility index (Phi) is 6.41. The molecule has 1 aromatic carbocycles. The maximum atomic E-state index is 12.4. The van der Waals surface area contributed by atoms with Gasteiger partial charge in [-0.3, -0.25) is 19.8 Å². The number of benzene rings is 1. The molecule has 1 saturated heterocycles. The smallest absolute Gasteiger partial charge is 0.264 e. The number of fused-ring (bicyclic) bond motifs is 1. The molecule has 2 heterocycles. The summed E-state index contributed by atoms with van der Waals surface area (Å²) < 4.78 is 11.5. The lowest BCUT2D eigenvalue weighted by Gasteiger charge is -2.34. The van der Waals surface area contributed by atoms with Crippen LogP contribution in [0.1, 0.15) is 60.3 Å². The second-order valence-corrected chi connectivity index (χ2v) is 9.49. The van der Waals surface area contributed by atoms with Crippen molar-refractivity contribution in [3.8, 4) is 5.75 Å². The van der Waals surface area contributed by atoms with Crippen LogP contribution in [0.15, 0.2) is 17.5 Å². The molecule has 1 amide bonds. The molecule has 0 saturated carbocycles. The minimum Gasteiger partial charge on any atom is -0.483 e. The van der Waals surface area contributed by atoms with Crippen LogP contribution in [-0.2, 0) is 16.1 Å². The first-order valence-corrected chi connectivity index (χ1v) is 11.6. The average molecular weight is 444 g/mol. The number of nitrogens with zero attached hydrogens (tertiary/aromatic N) is 2. The molecule has 0 radical (unpaired) electrons. The third kappa shape index (κ3) is 4.97. The number of thiazole rings is 1. The van der Waals surface area contributed by atoms with Crippen LogP contribution in [0, 0.1) is 6.92 Å². The van der Waals surface area contributed by atoms with E-state index in [9.17, 15) is 9.59 Å². The normalized spacial score (nSPS) is 23.6. The molecule has 1 aliphatic heterocycles. The van der Waals surface area contributed by atoms with Gasteiger partial charge in [0.05, 0.1) is 23.5 Å². The van der Waals surface area contributed by atoms with Crippen LogP contribution in [0.4, 0.5) is 5.13 Å². The van der Waals surface area contributed by atoms with Crippen molar-refractivity contribution in [1.29, 1.82) is 0 Å². The number of Topliss-reactive ketones (excluding diaryl/α,β-unsaturated/α-hetero) is 1. The summed E-state index contributed by atoms with van der Waals surface area (Å²) in [5, 5.41) is 5.32. The predicted molar refractivity (Wildman–Crippen MR) is 120 cm³/mol. The molecular weight excluding hydrogens is 414 g/mol. The molecule has 8 heteroatoms. The number of carbonyl (C=O) groups is 2. The fourth-order valence-electron chi connectivity index (χ4n) is 4.61. The molecule has 166 valence electrons. The third-order valence-electron chi connectivity index (χ3n) is 5.73. The lowest BCUT2D eigenvalue weighted by atomic mass is 9.97. The van der Waals surface area contributed by atoms with E-state index in [1.807, 2.05) is 25.3 Å². The van der Waals surface area contributed by atoms with E-state index in [2.05, 4.69) is 29.0 Å². The van der Waals surface area contributed by atoms with E-state index in [1.165, 1.54) is 11.3 Å². The summed E-state index contributed by atoms with van der Waals surface area (Å²) in [5.41, 5.74) is 3.69. The highest BCUT2D eigenvalue weighted by molar-refractivity contribution is 7.13. The zero-order valence-corrected chi connectivity index (χ0v) is 19.3. The Morgan fingerprint density at radius 1 is 1.29 bits per heavy atom. The van der Waals surface area contributed by atoms with Crippen molar-refractivity contribution in [3.63, 3.8) is 0 Å². The second-order valence-electron chi connectivity index (χ2n) is 8.63. The highest BCUT2D eigenvalue weighted by Gasteiger charge is 2.31. The van der Waals surface area contributed by atoms with Gasteiger partial charge in [-0.25, -0.2) is 4.98 Å². The first kappa shape index (κ1) is 21.9. The number of amides is 1. The van der Waals surface area contributed by atoms with E-state index in [0.717, 1.165) is 36.5 Å². The van der Waals surface area contributed by atoms with Crippen molar-refractivity contribution in [1.82, 2.24) is 9.88 Å². The van der Waals surface area contributed by atoms with Crippen LogP contribution < -0.4 is 10.1 Å². The predicted octanol–water partition coefficient (Wildman–Crippen LogP) is 3.77. The fourth-order valence-corrected chi connectivity index (χ4v) is 5.32. The summed E-state index contributed by atoms with van der Waals surface area (Å²) in [7, 11) is 0. The van der Waals surface area contributed by atoms with E-state index in [4.69, 9.17) is 9.47 Å². The van der Waals surface area contributed by atoms with Gasteiger partial charge in [0.25, 0.3) is 5.91 Å². The Bertz CT molecular complexity index is 979. The lowest BCUT2D eigenvalue weighted by Crippen LogP contribution is -2.44. The monoisotopic (exact) mass is 443 g/mol. The van der Waals surface area contributed by atoms with Gasteiger partial charge >= 0.3 is 0 Å². The third-order valence-corrected chi connectivity index (χ3v) is 6.53. The molecule has 1 aliphatic carbocycles. The number of ether oxygens (including phenoxy) is 2. The summed E-state index contributed by atoms with van der Waals surface area (Å²) in [6.07, 6.45) is 0.902. The van der Waals surface area contributed by atoms with Gasteiger partial charge in [0.1, 0.15) is 5.75 Å². The molecule has 1 aromatic heterocycles. The van der Waals surface area contributed by atoms with E-state index in [-0.39, 0.29) is 36.4 Å². The van der Waals surface area contributed by atoms with Crippen molar-refractivity contribution < 1.29 is 19.1 Å². The number of hydrogen-bond donors (Lipinski definition) is 1. The summed E-state index contributed by atoms with van der Waals surface area (Å²) in [6, 6.07) is 3.73. The van der Waals surface area contributed by atoms with Crippen molar-refractivity contribution in [2.75, 3.05) is 25.0 Å². The van der Waals surface area contributed by atoms with Crippen molar-refractivity contribution >= 4 is 28.2 Å². The minimum atomic E-state index is -0.290. The minimum absolute atomic E-state index is 0.0814. The van der Waals surface area contributed by atoms with Crippen molar-refractivity contribution in [3.05, 3.63) is 39.9 Å². The van der Waals surface area contributed by atoms with Crippen molar-refractivity contribution in [2.24, 2.45) is 0 Å². The largest absolute Gasteiger partial charge is 0.483 e. The maximum Gasteiger partial charge on any atom is 0.264 e. The Balaban J connectivity index is 1.33. The molecular formula is C23H29N3O4S. The average Bonchev–Trinajstić information content (AvgIpc) is 3.24. The topological polar surface area (TPSA) is 80.8 Å². The Hall–Kier alpha value is -2.29. The maximum absolute atomic E-state index is 12.4. The van der Waals surface area contributed by atoms with E-state index < -0.39 is 0 Å². The number of aryl methyl sites for hydroxylation is 1. The summed E-state index contributed by atoms with van der Waals surface area (Å²) in [5.74, 6) is 0.465. The van der Waals surface area contributed by atoms with Crippen LogP contribution in [0.3, 0.4) is 0 Å². The van der Waals surface area contributed by atoms with Gasteiger partial charge < -0.3 is 9.47 Å². The molecule has 1 N–H and O–H groups in total. The molecule has 3 atom stereocenters. The number of hydrogen-bond acceptors (Lipinski definition) is 7. The molecule has 0 spiro atoms. The standard InChI is InChI=1S/C23H29N3O4S/c1-13-5-6-19(22-18(27)7-14(2)21(13)22)29-11-20(28)25-23-24-17(12-31-23)10-26-8-15(3)30-16(4)9-26/h5-6,12,14-16H,7-11H2,1-4H3,(H,24,25,28)/t14-,15-,16-/m0/s1. The van der Waals surface area contributed by atoms with Gasteiger partial charge in [-0.1, -0.05) is 13.0 Å². The van der Waals surface area contributed by atoms with E-state index in [0.29, 0.717) is 22.9 Å². The summed E-state index contributed by atoms with van der Waals surface area (Å²) in [4.78, 5) is 31.6. The number of carbonyl (C=O) groups excluding carboxylic acids is 2. The van der Waals surface area contributed by atoms with Gasteiger partial charge in [-0.15, -0.1) is 11.3 Å². The number of morpholine rings is 1. The van der Waals surface area contributed by atoms with Crippen LogP contribution in [0.25, 0.3) is 0 Å². The molecule has 2 aliphatic rings. The molecule has 0 unspecified atom stereocenters. The highest BCUT2D eigenvalue weighted by Crippen LogP contribution is 2.40. The Labute approximate surface area is 186 Å². The second kappa shape index (κ2) is 9.06. The quantitative estimate of drug-likeness (QED) is 0.732. The van der Waals surface area contributed by atoms with Crippen molar-refractivity contribution in [2.45, 2.75) is 58.8 Å². The highest BCUT2D eigenvalue weighted by atomic mass is 32.1. The molecule has 0 bridgehead atoms. The Morgan fingerprint density at radius 3 is 2.77 bits per heavy atom. The number of aromatic nitrogens is 1. The van der Waals surface area contributed by atoms with Gasteiger partial charge in [0, 0.05) is 31.4 Å². The molecule has 2 aromatic rings. The van der Waals surface area contributed by atoms with Crippen LogP contribution >= 0.6 is 11.3 Å². The van der Waals surface area contributed by atoms with E-state index >= 15 is 0 Å². The number of rotatable bonds is 6. The van der Waals surface area contributed by atoms with E-state index in [1.54, 1.807) is 6.07 Å². The first-order chi connectivity index (χ1) is 14.8. The van der Waals surface area contributed by atoms with Gasteiger partial charge in [0.15, 0.2) is 17.5 Å². The van der Waals surface area contributed by atoms with Crippen LogP contribution in [0.2, 0.25) is 0 Å². The van der Waals surface area contributed by atoms with Gasteiger partial charge in [-0.05, 0) is 43.9 Å². The summed E-state index contributed by atoms with van der Waals surface area (Å²) >= 11 is 1.40.